The summed E-state index contributed by atoms with van der Waals surface area (Å²) in [5, 5.41) is 17.8. The van der Waals surface area contributed by atoms with E-state index in [0.29, 0.717) is 0 Å². The average Bonchev–Trinajstić information content (AvgIpc) is 2.74. The fourth-order valence-corrected chi connectivity index (χ4v) is 3.30. The zero-order chi connectivity index (χ0) is 22.5. The summed E-state index contributed by atoms with van der Waals surface area (Å²) in [4.78, 5) is 36.4. The Morgan fingerprint density at radius 1 is 1.06 bits per heavy atom. The maximum Gasteiger partial charge on any atom is 0.313 e. The van der Waals surface area contributed by atoms with E-state index in [1.54, 1.807) is 0 Å². The number of fused-ring (bicyclic) bond motifs is 1. The minimum atomic E-state index is -1.03. The van der Waals surface area contributed by atoms with Gasteiger partial charge in [-0.3, -0.25) is 19.7 Å². The van der Waals surface area contributed by atoms with Crippen molar-refractivity contribution in [2.24, 2.45) is 0 Å². The molecule has 2 N–H and O–H groups in total. The summed E-state index contributed by atoms with van der Waals surface area (Å²) < 4.78 is 13.4. The Labute approximate surface area is 177 Å². The highest BCUT2D eigenvalue weighted by molar-refractivity contribution is 6.39. The van der Waals surface area contributed by atoms with Crippen LogP contribution in [0.5, 0.6) is 0 Å². The van der Waals surface area contributed by atoms with Crippen molar-refractivity contribution >= 4 is 34.0 Å². The molecule has 0 saturated heterocycles. The molecule has 0 aromatic heterocycles. The number of rotatable bonds is 6. The van der Waals surface area contributed by atoms with Gasteiger partial charge in [0.15, 0.2) is 0 Å². The van der Waals surface area contributed by atoms with Crippen molar-refractivity contribution in [3.63, 3.8) is 0 Å². The highest BCUT2D eigenvalue weighted by Gasteiger charge is 2.21. The summed E-state index contributed by atoms with van der Waals surface area (Å²) in [6, 6.07) is 16.4. The van der Waals surface area contributed by atoms with Crippen LogP contribution in [0.3, 0.4) is 0 Å². The Bertz CT molecular complexity index is 1140. The number of nitro benzene ring substituents is 1. The van der Waals surface area contributed by atoms with Crippen molar-refractivity contribution in [3.8, 4) is 0 Å². The maximum absolute atomic E-state index is 13.4. The molecule has 0 spiro atoms. The van der Waals surface area contributed by atoms with Gasteiger partial charge in [-0.1, -0.05) is 42.5 Å². The van der Waals surface area contributed by atoms with E-state index in [4.69, 9.17) is 0 Å². The molecule has 3 aromatic rings. The van der Waals surface area contributed by atoms with Crippen LogP contribution in [0.25, 0.3) is 10.8 Å². The first kappa shape index (κ1) is 21.8. The van der Waals surface area contributed by atoms with E-state index < -0.39 is 28.2 Å². The van der Waals surface area contributed by atoms with Crippen LogP contribution >= 0.6 is 0 Å². The number of nitrogens with zero attached hydrogens (tertiary/aromatic N) is 2. The van der Waals surface area contributed by atoms with Gasteiger partial charge in [0, 0.05) is 18.3 Å². The Hall–Kier alpha value is -3.85. The van der Waals surface area contributed by atoms with E-state index in [9.17, 15) is 24.1 Å². The number of hydrogen-bond donors (Lipinski definition) is 2. The SMILES string of the molecule is CN(C)C(CNC(=O)C(=O)Nc1ccc(F)c([N+](=O)[O-])c1)c1cccc2ccccc12. The third kappa shape index (κ3) is 5.01. The van der Waals surface area contributed by atoms with Crippen LogP contribution in [0.1, 0.15) is 11.6 Å². The summed E-state index contributed by atoms with van der Waals surface area (Å²) in [5.74, 6) is -2.94. The quantitative estimate of drug-likeness (QED) is 0.359. The molecule has 0 fully saturated rings. The monoisotopic (exact) mass is 424 g/mol. The van der Waals surface area contributed by atoms with Gasteiger partial charge in [0.05, 0.1) is 11.0 Å². The molecule has 9 heteroatoms. The van der Waals surface area contributed by atoms with E-state index >= 15 is 0 Å². The summed E-state index contributed by atoms with van der Waals surface area (Å²) >= 11 is 0. The van der Waals surface area contributed by atoms with Crippen molar-refractivity contribution in [1.82, 2.24) is 10.2 Å². The number of hydrogen-bond acceptors (Lipinski definition) is 5. The summed E-state index contributed by atoms with van der Waals surface area (Å²) in [6.45, 7) is 0.164. The third-order valence-electron chi connectivity index (χ3n) is 4.87. The number of carbonyl (C=O) groups excluding carboxylic acids is 2. The van der Waals surface area contributed by atoms with Crippen LogP contribution < -0.4 is 10.6 Å². The molecule has 0 heterocycles. The minimum absolute atomic E-state index is 0.0496. The molecule has 0 bridgehead atoms. The second-order valence-electron chi connectivity index (χ2n) is 7.14. The highest BCUT2D eigenvalue weighted by atomic mass is 19.1. The molecule has 2 amide bonds. The van der Waals surface area contributed by atoms with Gasteiger partial charge >= 0.3 is 17.5 Å². The molecule has 0 radical (unpaired) electrons. The zero-order valence-corrected chi connectivity index (χ0v) is 17.0. The van der Waals surface area contributed by atoms with Crippen LogP contribution in [-0.4, -0.2) is 42.3 Å². The fourth-order valence-electron chi connectivity index (χ4n) is 3.30. The molecule has 31 heavy (non-hydrogen) atoms. The number of nitro groups is 1. The van der Waals surface area contributed by atoms with Gasteiger partial charge in [-0.2, -0.15) is 4.39 Å². The van der Waals surface area contributed by atoms with Gasteiger partial charge < -0.3 is 15.5 Å². The second kappa shape index (κ2) is 9.31. The summed E-state index contributed by atoms with van der Waals surface area (Å²) in [5.41, 5.74) is 0.159. The van der Waals surface area contributed by atoms with Crippen molar-refractivity contribution in [2.45, 2.75) is 6.04 Å². The molecule has 0 aliphatic carbocycles. The first-order chi connectivity index (χ1) is 14.8. The summed E-state index contributed by atoms with van der Waals surface area (Å²) in [7, 11) is 3.74. The number of benzene rings is 3. The lowest BCUT2D eigenvalue weighted by Crippen LogP contribution is -2.40. The molecule has 8 nitrogen and oxygen atoms in total. The lowest BCUT2D eigenvalue weighted by Gasteiger charge is -2.26. The second-order valence-corrected chi connectivity index (χ2v) is 7.14. The van der Waals surface area contributed by atoms with Gasteiger partial charge in [-0.15, -0.1) is 0 Å². The smallest absolute Gasteiger partial charge is 0.313 e. The molecule has 160 valence electrons. The number of anilines is 1. The largest absolute Gasteiger partial charge is 0.346 e. The van der Waals surface area contributed by atoms with Crippen molar-refractivity contribution in [3.05, 3.63) is 82.2 Å². The molecule has 1 unspecified atom stereocenters. The van der Waals surface area contributed by atoms with E-state index in [1.165, 1.54) is 0 Å². The maximum atomic E-state index is 13.4. The van der Waals surface area contributed by atoms with Gasteiger partial charge in [-0.05, 0) is 42.6 Å². The number of amides is 2. The average molecular weight is 424 g/mol. The fraction of sp³-hybridized carbons (Fsp3) is 0.182. The molecular weight excluding hydrogens is 403 g/mol. The lowest BCUT2D eigenvalue weighted by molar-refractivity contribution is -0.387. The van der Waals surface area contributed by atoms with Crippen LogP contribution in [0.4, 0.5) is 15.8 Å². The Kier molecular flexibility index (Phi) is 6.56. The first-order valence-electron chi connectivity index (χ1n) is 9.45. The normalized spacial score (nSPS) is 11.9. The predicted molar refractivity (Wildman–Crippen MR) is 115 cm³/mol. The van der Waals surface area contributed by atoms with Crippen LogP contribution in [-0.2, 0) is 9.59 Å². The van der Waals surface area contributed by atoms with Crippen LogP contribution in [0, 0.1) is 15.9 Å². The van der Waals surface area contributed by atoms with Crippen LogP contribution in [0.15, 0.2) is 60.7 Å². The number of carbonyl (C=O) groups is 2. The van der Waals surface area contributed by atoms with E-state index in [-0.39, 0.29) is 18.3 Å². The van der Waals surface area contributed by atoms with Crippen molar-refractivity contribution in [2.75, 3.05) is 26.0 Å². The predicted octanol–water partition coefficient (Wildman–Crippen LogP) is 3.24. The topological polar surface area (TPSA) is 105 Å². The third-order valence-corrected chi connectivity index (χ3v) is 4.87. The minimum Gasteiger partial charge on any atom is -0.346 e. The first-order valence-corrected chi connectivity index (χ1v) is 9.45. The highest BCUT2D eigenvalue weighted by Crippen LogP contribution is 2.27. The zero-order valence-electron chi connectivity index (χ0n) is 17.0. The standard InChI is InChI=1S/C22H21FN4O4/c1-26(2)20(17-9-5-7-14-6-3-4-8-16(14)17)13-24-21(28)22(29)25-15-10-11-18(23)19(12-15)27(30)31/h3-12,20H,13H2,1-2H3,(H,24,28)(H,25,29). The molecular formula is C22H21FN4O4. The Morgan fingerprint density at radius 3 is 2.48 bits per heavy atom. The molecule has 0 saturated carbocycles. The van der Waals surface area contributed by atoms with E-state index in [1.807, 2.05) is 61.5 Å². The van der Waals surface area contributed by atoms with Gasteiger partial charge in [0.2, 0.25) is 5.82 Å². The summed E-state index contributed by atoms with van der Waals surface area (Å²) in [6.07, 6.45) is 0. The number of halogens is 1. The molecule has 3 aromatic carbocycles. The van der Waals surface area contributed by atoms with Gasteiger partial charge in [0.25, 0.3) is 0 Å². The Balaban J connectivity index is 1.71. The number of likely N-dealkylation sites (N-methyl/N-ethyl adjacent to an activating group) is 1. The Morgan fingerprint density at radius 2 is 1.77 bits per heavy atom. The van der Waals surface area contributed by atoms with E-state index in [2.05, 4.69) is 10.6 Å². The lowest BCUT2D eigenvalue weighted by atomic mass is 9.98. The molecule has 0 aliphatic heterocycles. The van der Waals surface area contributed by atoms with Gasteiger partial charge in [0.1, 0.15) is 0 Å². The molecule has 0 aliphatic rings. The number of nitrogens with one attached hydrogen (secondary N) is 2. The molecule has 1 atom stereocenters. The van der Waals surface area contributed by atoms with Crippen molar-refractivity contribution < 1.29 is 18.9 Å². The van der Waals surface area contributed by atoms with Crippen molar-refractivity contribution in [1.29, 1.82) is 0 Å². The molecule has 3 rings (SSSR count). The van der Waals surface area contributed by atoms with Crippen LogP contribution in [0.2, 0.25) is 0 Å². The van der Waals surface area contributed by atoms with Gasteiger partial charge in [-0.25, -0.2) is 0 Å². The van der Waals surface area contributed by atoms with E-state index in [0.717, 1.165) is 34.5 Å².